The van der Waals surface area contributed by atoms with Gasteiger partial charge in [0.15, 0.2) is 0 Å². The van der Waals surface area contributed by atoms with Gasteiger partial charge < -0.3 is 5.32 Å². The van der Waals surface area contributed by atoms with Crippen LogP contribution in [0.15, 0.2) is 36.5 Å². The number of hydrogen-bond donors (Lipinski definition) is 1. The first kappa shape index (κ1) is 14.6. The standard InChI is InChI=1S/C15H15N3O3/c1-10-9-16-11(2)6-14(10)17-15(19)8-12-4-3-5-13(7-12)18(20)21/h3-7,9H,8H2,1-2H3,(H,16,17,19). The highest BCUT2D eigenvalue weighted by molar-refractivity contribution is 5.93. The maximum atomic E-state index is 12.0. The second kappa shape index (κ2) is 6.13. The number of carbonyl (C=O) groups excluding carboxylic acids is 1. The highest BCUT2D eigenvalue weighted by atomic mass is 16.6. The molecule has 0 aliphatic carbocycles. The summed E-state index contributed by atoms with van der Waals surface area (Å²) in [4.78, 5) is 26.4. The summed E-state index contributed by atoms with van der Waals surface area (Å²) < 4.78 is 0. The van der Waals surface area contributed by atoms with E-state index in [0.717, 1.165) is 11.3 Å². The number of aromatic nitrogens is 1. The molecular formula is C15H15N3O3. The minimum absolute atomic E-state index is 0.0174. The number of rotatable bonds is 4. The highest BCUT2D eigenvalue weighted by Gasteiger charge is 2.10. The summed E-state index contributed by atoms with van der Waals surface area (Å²) in [7, 11) is 0. The van der Waals surface area contributed by atoms with Gasteiger partial charge in [-0.1, -0.05) is 12.1 Å². The molecule has 0 unspecified atom stereocenters. The molecule has 0 fully saturated rings. The van der Waals surface area contributed by atoms with Crippen LogP contribution in [0.2, 0.25) is 0 Å². The van der Waals surface area contributed by atoms with Crippen molar-refractivity contribution in [3.8, 4) is 0 Å². The molecule has 6 heteroatoms. The summed E-state index contributed by atoms with van der Waals surface area (Å²) in [5, 5.41) is 13.5. The largest absolute Gasteiger partial charge is 0.325 e. The number of nitrogens with zero attached hydrogens (tertiary/aromatic N) is 2. The molecule has 108 valence electrons. The first-order chi connectivity index (χ1) is 9.95. The number of anilines is 1. The van der Waals surface area contributed by atoms with Crippen LogP contribution in [0.5, 0.6) is 0 Å². The van der Waals surface area contributed by atoms with Crippen LogP contribution in [0, 0.1) is 24.0 Å². The van der Waals surface area contributed by atoms with Gasteiger partial charge in [-0.2, -0.15) is 0 Å². The van der Waals surface area contributed by atoms with E-state index >= 15 is 0 Å². The van der Waals surface area contributed by atoms with Crippen LogP contribution in [0.25, 0.3) is 0 Å². The molecule has 1 amide bonds. The Morgan fingerprint density at radius 2 is 2.10 bits per heavy atom. The predicted molar refractivity (Wildman–Crippen MR) is 79.1 cm³/mol. The lowest BCUT2D eigenvalue weighted by Gasteiger charge is -2.09. The van der Waals surface area contributed by atoms with Gasteiger partial charge in [0.05, 0.1) is 11.3 Å². The van der Waals surface area contributed by atoms with Crippen molar-refractivity contribution < 1.29 is 9.72 Å². The van der Waals surface area contributed by atoms with Crippen molar-refractivity contribution in [2.75, 3.05) is 5.32 Å². The third kappa shape index (κ3) is 3.85. The fraction of sp³-hybridized carbons (Fsp3) is 0.200. The maximum Gasteiger partial charge on any atom is 0.269 e. The van der Waals surface area contributed by atoms with E-state index in [-0.39, 0.29) is 18.0 Å². The summed E-state index contributed by atoms with van der Waals surface area (Å²) >= 11 is 0. The van der Waals surface area contributed by atoms with Crippen LogP contribution < -0.4 is 5.32 Å². The zero-order valence-electron chi connectivity index (χ0n) is 11.8. The van der Waals surface area contributed by atoms with Crippen LogP contribution in [0.4, 0.5) is 11.4 Å². The van der Waals surface area contributed by atoms with Crippen molar-refractivity contribution in [3.05, 3.63) is 63.5 Å². The Bertz CT molecular complexity index is 698. The molecule has 1 heterocycles. The zero-order chi connectivity index (χ0) is 15.4. The van der Waals surface area contributed by atoms with E-state index in [1.54, 1.807) is 24.4 Å². The van der Waals surface area contributed by atoms with Crippen molar-refractivity contribution in [1.29, 1.82) is 0 Å². The fourth-order valence-corrected chi connectivity index (χ4v) is 1.92. The number of nitro groups is 1. The number of benzene rings is 1. The van der Waals surface area contributed by atoms with Crippen molar-refractivity contribution in [1.82, 2.24) is 4.98 Å². The molecule has 1 aromatic heterocycles. The molecule has 0 saturated carbocycles. The minimum atomic E-state index is -0.474. The number of hydrogen-bond acceptors (Lipinski definition) is 4. The van der Waals surface area contributed by atoms with Gasteiger partial charge in [-0.05, 0) is 31.0 Å². The number of nitrogens with one attached hydrogen (secondary N) is 1. The van der Waals surface area contributed by atoms with E-state index < -0.39 is 4.92 Å². The van der Waals surface area contributed by atoms with Gasteiger partial charge in [0.25, 0.3) is 5.69 Å². The van der Waals surface area contributed by atoms with Crippen LogP contribution in [0.1, 0.15) is 16.8 Å². The molecule has 2 rings (SSSR count). The Kier molecular flexibility index (Phi) is 4.27. The van der Waals surface area contributed by atoms with E-state index in [9.17, 15) is 14.9 Å². The molecule has 21 heavy (non-hydrogen) atoms. The molecule has 0 radical (unpaired) electrons. The molecule has 1 N–H and O–H groups in total. The second-order valence-electron chi connectivity index (χ2n) is 4.79. The number of nitro benzene ring substituents is 1. The summed E-state index contributed by atoms with van der Waals surface area (Å²) in [5.74, 6) is -0.218. The fourth-order valence-electron chi connectivity index (χ4n) is 1.92. The molecule has 1 aromatic carbocycles. The first-order valence-corrected chi connectivity index (χ1v) is 6.42. The molecule has 0 bridgehead atoms. The van der Waals surface area contributed by atoms with E-state index in [0.29, 0.717) is 11.3 Å². The predicted octanol–water partition coefficient (Wildman–Crippen LogP) is 2.79. The molecule has 0 aliphatic heterocycles. The SMILES string of the molecule is Cc1cc(NC(=O)Cc2cccc([N+](=O)[O-])c2)c(C)cn1. The first-order valence-electron chi connectivity index (χ1n) is 6.42. The normalized spacial score (nSPS) is 10.2. The number of amides is 1. The molecular weight excluding hydrogens is 270 g/mol. The summed E-state index contributed by atoms with van der Waals surface area (Å²) in [5.41, 5.74) is 2.97. The van der Waals surface area contributed by atoms with Gasteiger partial charge in [0.2, 0.25) is 5.91 Å². The lowest BCUT2D eigenvalue weighted by Crippen LogP contribution is -2.15. The average molecular weight is 285 g/mol. The quantitative estimate of drug-likeness (QED) is 0.691. The third-order valence-electron chi connectivity index (χ3n) is 3.00. The number of pyridine rings is 1. The Balaban J connectivity index is 2.10. The van der Waals surface area contributed by atoms with E-state index in [4.69, 9.17) is 0 Å². The molecule has 0 saturated heterocycles. The van der Waals surface area contributed by atoms with Gasteiger partial charge in [-0.15, -0.1) is 0 Å². The van der Waals surface area contributed by atoms with Gasteiger partial charge >= 0.3 is 0 Å². The Labute approximate surface area is 122 Å². The van der Waals surface area contributed by atoms with Crippen molar-refractivity contribution in [3.63, 3.8) is 0 Å². The third-order valence-corrected chi connectivity index (χ3v) is 3.00. The Morgan fingerprint density at radius 3 is 2.81 bits per heavy atom. The monoisotopic (exact) mass is 285 g/mol. The average Bonchev–Trinajstić information content (AvgIpc) is 2.43. The lowest BCUT2D eigenvalue weighted by molar-refractivity contribution is -0.384. The van der Waals surface area contributed by atoms with Crippen LogP contribution in [0.3, 0.4) is 0 Å². The van der Waals surface area contributed by atoms with E-state index in [1.165, 1.54) is 12.1 Å². The van der Waals surface area contributed by atoms with Crippen molar-refractivity contribution >= 4 is 17.3 Å². The highest BCUT2D eigenvalue weighted by Crippen LogP contribution is 2.16. The molecule has 0 atom stereocenters. The molecule has 0 spiro atoms. The van der Waals surface area contributed by atoms with Gasteiger partial charge in [0, 0.05) is 29.7 Å². The van der Waals surface area contributed by atoms with Gasteiger partial charge in [0.1, 0.15) is 0 Å². The minimum Gasteiger partial charge on any atom is -0.325 e. The summed E-state index contributed by atoms with van der Waals surface area (Å²) in [6, 6.07) is 7.86. The Morgan fingerprint density at radius 1 is 1.33 bits per heavy atom. The van der Waals surface area contributed by atoms with Gasteiger partial charge in [-0.25, -0.2) is 0 Å². The molecule has 6 nitrogen and oxygen atoms in total. The lowest BCUT2D eigenvalue weighted by atomic mass is 10.1. The van der Waals surface area contributed by atoms with E-state index in [1.807, 2.05) is 13.8 Å². The topological polar surface area (TPSA) is 85.1 Å². The number of non-ortho nitro benzene ring substituents is 1. The smallest absolute Gasteiger partial charge is 0.269 e. The van der Waals surface area contributed by atoms with Crippen molar-refractivity contribution in [2.24, 2.45) is 0 Å². The molecule has 0 aliphatic rings. The van der Waals surface area contributed by atoms with Crippen LogP contribution in [-0.2, 0) is 11.2 Å². The second-order valence-corrected chi connectivity index (χ2v) is 4.79. The number of carbonyl (C=O) groups is 1. The Hall–Kier alpha value is -2.76. The summed E-state index contributed by atoms with van der Waals surface area (Å²) in [6.07, 6.45) is 1.78. The zero-order valence-corrected chi connectivity index (χ0v) is 11.8. The maximum absolute atomic E-state index is 12.0. The van der Waals surface area contributed by atoms with Crippen LogP contribution >= 0.6 is 0 Å². The van der Waals surface area contributed by atoms with Gasteiger partial charge in [-0.3, -0.25) is 19.9 Å². The van der Waals surface area contributed by atoms with E-state index in [2.05, 4.69) is 10.3 Å². The molecule has 2 aromatic rings. The van der Waals surface area contributed by atoms with Crippen molar-refractivity contribution in [2.45, 2.75) is 20.3 Å². The summed E-state index contributed by atoms with van der Waals surface area (Å²) in [6.45, 7) is 3.70. The number of aryl methyl sites for hydroxylation is 2. The van der Waals surface area contributed by atoms with Crippen LogP contribution in [-0.4, -0.2) is 15.8 Å².